The summed E-state index contributed by atoms with van der Waals surface area (Å²) < 4.78 is 12.1. The molecule has 108 valence electrons. The van der Waals surface area contributed by atoms with Crippen LogP contribution in [-0.4, -0.2) is 44.9 Å². The van der Waals surface area contributed by atoms with Crippen molar-refractivity contribution < 1.29 is 14.3 Å². The van der Waals surface area contributed by atoms with Crippen LogP contribution >= 0.6 is 0 Å². The van der Waals surface area contributed by atoms with Crippen LogP contribution in [0, 0.1) is 0 Å². The number of hydrogen-bond donors (Lipinski definition) is 2. The van der Waals surface area contributed by atoms with Gasteiger partial charge in [0.1, 0.15) is 0 Å². The van der Waals surface area contributed by atoms with Crippen LogP contribution in [0.15, 0.2) is 0 Å². The first-order valence-corrected chi connectivity index (χ1v) is 9.76. The van der Waals surface area contributed by atoms with Crippen molar-refractivity contribution in [2.24, 2.45) is 5.73 Å². The molecular formula is C13H29NO3Si. The molecule has 3 N–H and O–H groups in total. The zero-order valence-electron chi connectivity index (χ0n) is 12.4. The van der Waals surface area contributed by atoms with Gasteiger partial charge in [0.25, 0.3) is 0 Å². The molecule has 0 aromatic heterocycles. The highest BCUT2D eigenvalue weighted by Crippen LogP contribution is 2.38. The van der Waals surface area contributed by atoms with Crippen molar-refractivity contribution in [2.75, 3.05) is 13.2 Å². The summed E-state index contributed by atoms with van der Waals surface area (Å²) in [7, 11) is -1.85. The minimum atomic E-state index is -1.85. The lowest BCUT2D eigenvalue weighted by molar-refractivity contribution is -0.0852. The molecule has 4 nitrogen and oxygen atoms in total. The molecule has 1 rings (SSSR count). The van der Waals surface area contributed by atoms with E-state index in [-0.39, 0.29) is 29.9 Å². The van der Waals surface area contributed by atoms with Gasteiger partial charge < -0.3 is 20.0 Å². The third-order valence-electron chi connectivity index (χ3n) is 4.22. The van der Waals surface area contributed by atoms with E-state index in [2.05, 4.69) is 33.9 Å². The van der Waals surface area contributed by atoms with Crippen LogP contribution in [0.25, 0.3) is 0 Å². The molecule has 0 spiro atoms. The third-order valence-corrected chi connectivity index (χ3v) is 8.70. The maximum atomic E-state index is 9.12. The molecule has 0 aliphatic carbocycles. The molecule has 18 heavy (non-hydrogen) atoms. The van der Waals surface area contributed by atoms with E-state index in [1.54, 1.807) is 0 Å². The maximum absolute atomic E-state index is 9.12. The zero-order valence-corrected chi connectivity index (χ0v) is 13.4. The summed E-state index contributed by atoms with van der Waals surface area (Å²) >= 11 is 0. The number of nitrogens with two attached hydrogens (primary N) is 1. The highest BCUT2D eigenvalue weighted by molar-refractivity contribution is 6.74. The molecule has 1 saturated heterocycles. The van der Waals surface area contributed by atoms with Gasteiger partial charge in [-0.3, -0.25) is 0 Å². The first kappa shape index (κ1) is 16.1. The SMILES string of the molecule is CC(C)(C)[Si](C)(C)O[C@H]1[C@H](N)CCO[C@H]1CCO. The molecular weight excluding hydrogens is 246 g/mol. The van der Waals surface area contributed by atoms with E-state index in [4.69, 9.17) is 20.0 Å². The van der Waals surface area contributed by atoms with Crippen molar-refractivity contribution in [1.82, 2.24) is 0 Å². The lowest BCUT2D eigenvalue weighted by atomic mass is 9.99. The fourth-order valence-corrected chi connectivity index (χ4v) is 3.31. The second-order valence-corrected chi connectivity index (χ2v) is 11.5. The van der Waals surface area contributed by atoms with Gasteiger partial charge in [0.05, 0.1) is 12.2 Å². The van der Waals surface area contributed by atoms with E-state index in [9.17, 15) is 0 Å². The van der Waals surface area contributed by atoms with Crippen LogP contribution in [0.1, 0.15) is 33.6 Å². The lowest BCUT2D eigenvalue weighted by Crippen LogP contribution is -2.56. The van der Waals surface area contributed by atoms with Gasteiger partial charge in [0.2, 0.25) is 0 Å². The molecule has 3 atom stereocenters. The predicted molar refractivity (Wildman–Crippen MR) is 76.1 cm³/mol. The Morgan fingerprint density at radius 3 is 2.50 bits per heavy atom. The summed E-state index contributed by atoms with van der Waals surface area (Å²) in [5.41, 5.74) is 6.19. The second kappa shape index (κ2) is 6.01. The molecule has 0 radical (unpaired) electrons. The standard InChI is InChI=1S/C13H29NO3Si/c1-13(2,3)18(4,5)17-12-10(14)7-9-16-11(12)6-8-15/h10-12,15H,6-9,14H2,1-5H3/t10-,11+,12+/m1/s1. The largest absolute Gasteiger partial charge is 0.410 e. The molecule has 0 unspecified atom stereocenters. The van der Waals surface area contributed by atoms with E-state index in [0.717, 1.165) is 6.42 Å². The fourth-order valence-electron chi connectivity index (χ4n) is 1.95. The average molecular weight is 275 g/mol. The van der Waals surface area contributed by atoms with Gasteiger partial charge >= 0.3 is 0 Å². The van der Waals surface area contributed by atoms with Gasteiger partial charge in [0, 0.05) is 19.3 Å². The molecule has 0 aromatic rings. The molecule has 1 heterocycles. The van der Waals surface area contributed by atoms with E-state index in [0.29, 0.717) is 13.0 Å². The number of rotatable bonds is 4. The minimum Gasteiger partial charge on any atom is -0.410 e. The number of aliphatic hydroxyl groups excluding tert-OH is 1. The van der Waals surface area contributed by atoms with Gasteiger partial charge in [0.15, 0.2) is 8.32 Å². The van der Waals surface area contributed by atoms with Gasteiger partial charge in [-0.05, 0) is 31.0 Å². The van der Waals surface area contributed by atoms with Crippen LogP contribution in [0.5, 0.6) is 0 Å². The Kier molecular flexibility index (Phi) is 5.38. The van der Waals surface area contributed by atoms with Crippen molar-refractivity contribution >= 4 is 8.32 Å². The first-order valence-electron chi connectivity index (χ1n) is 6.85. The van der Waals surface area contributed by atoms with E-state index in [1.807, 2.05) is 0 Å². The Morgan fingerprint density at radius 1 is 1.39 bits per heavy atom. The number of hydrogen-bond acceptors (Lipinski definition) is 4. The summed E-state index contributed by atoms with van der Waals surface area (Å²) in [6.07, 6.45) is 1.30. The van der Waals surface area contributed by atoms with Crippen LogP contribution in [0.4, 0.5) is 0 Å². The van der Waals surface area contributed by atoms with Crippen molar-refractivity contribution in [3.05, 3.63) is 0 Å². The highest BCUT2D eigenvalue weighted by Gasteiger charge is 2.43. The van der Waals surface area contributed by atoms with Crippen molar-refractivity contribution in [2.45, 2.75) is 70.0 Å². The van der Waals surface area contributed by atoms with E-state index in [1.165, 1.54) is 0 Å². The second-order valence-electron chi connectivity index (χ2n) is 6.72. The molecule has 0 saturated carbocycles. The molecule has 1 aliphatic heterocycles. The van der Waals surface area contributed by atoms with Crippen molar-refractivity contribution in [3.8, 4) is 0 Å². The Morgan fingerprint density at radius 2 is 2.00 bits per heavy atom. The van der Waals surface area contributed by atoms with Gasteiger partial charge in [-0.25, -0.2) is 0 Å². The van der Waals surface area contributed by atoms with E-state index < -0.39 is 8.32 Å². The maximum Gasteiger partial charge on any atom is 0.192 e. The first-order chi connectivity index (χ1) is 8.19. The topological polar surface area (TPSA) is 64.7 Å². The van der Waals surface area contributed by atoms with Gasteiger partial charge in [-0.1, -0.05) is 20.8 Å². The molecule has 0 aromatic carbocycles. The summed E-state index contributed by atoms with van der Waals surface area (Å²) in [5, 5.41) is 9.28. The molecule has 1 aliphatic rings. The Balaban J connectivity index is 2.77. The van der Waals surface area contributed by atoms with Crippen LogP contribution in [0.3, 0.4) is 0 Å². The smallest absolute Gasteiger partial charge is 0.192 e. The quantitative estimate of drug-likeness (QED) is 0.769. The van der Waals surface area contributed by atoms with Crippen LogP contribution in [0.2, 0.25) is 18.1 Å². The van der Waals surface area contributed by atoms with Gasteiger partial charge in [-0.15, -0.1) is 0 Å². The van der Waals surface area contributed by atoms with Gasteiger partial charge in [-0.2, -0.15) is 0 Å². The van der Waals surface area contributed by atoms with Crippen molar-refractivity contribution in [3.63, 3.8) is 0 Å². The lowest BCUT2D eigenvalue weighted by Gasteiger charge is -2.45. The molecule has 0 amide bonds. The monoisotopic (exact) mass is 275 g/mol. The molecule has 1 fully saturated rings. The van der Waals surface area contributed by atoms with Crippen LogP contribution < -0.4 is 5.73 Å². The minimum absolute atomic E-state index is 0.0180. The van der Waals surface area contributed by atoms with Crippen molar-refractivity contribution in [1.29, 1.82) is 0 Å². The normalized spacial score (nSPS) is 30.5. The summed E-state index contributed by atoms with van der Waals surface area (Å²) in [4.78, 5) is 0. The predicted octanol–water partition coefficient (Wildman–Crippen LogP) is 1.88. The fraction of sp³-hybridized carbons (Fsp3) is 1.00. The summed E-state index contributed by atoms with van der Waals surface area (Å²) in [6.45, 7) is 11.9. The molecule has 5 heteroatoms. The summed E-state index contributed by atoms with van der Waals surface area (Å²) in [6, 6.07) is 0.0180. The average Bonchev–Trinajstić information content (AvgIpc) is 2.22. The number of ether oxygens (including phenoxy) is 1. The summed E-state index contributed by atoms with van der Waals surface area (Å²) in [5.74, 6) is 0. The Bertz CT molecular complexity index is 263. The Hall–Kier alpha value is 0.0569. The Labute approximate surface area is 112 Å². The van der Waals surface area contributed by atoms with E-state index >= 15 is 0 Å². The zero-order chi connectivity index (χ0) is 14.0. The molecule has 0 bridgehead atoms. The van der Waals surface area contributed by atoms with Crippen LogP contribution in [-0.2, 0) is 9.16 Å². The third kappa shape index (κ3) is 3.77. The highest BCUT2D eigenvalue weighted by atomic mass is 28.4. The number of aliphatic hydroxyl groups is 1.